The molecule has 0 aliphatic heterocycles. The van der Waals surface area contributed by atoms with Crippen LogP contribution in [0.1, 0.15) is 67.3 Å². The van der Waals surface area contributed by atoms with Crippen LogP contribution >= 0.6 is 11.3 Å². The Morgan fingerprint density at radius 1 is 1.13 bits per heavy atom. The summed E-state index contributed by atoms with van der Waals surface area (Å²) in [5.41, 5.74) is 2.42. The highest BCUT2D eigenvalue weighted by atomic mass is 32.1. The maximum absolute atomic E-state index is 13.2. The molecule has 1 aliphatic rings. The van der Waals surface area contributed by atoms with Gasteiger partial charge in [0, 0.05) is 17.0 Å². The van der Waals surface area contributed by atoms with Crippen LogP contribution in [0.2, 0.25) is 0 Å². The molecule has 1 aromatic heterocycles. The largest absolute Gasteiger partial charge is 0.481 e. The van der Waals surface area contributed by atoms with E-state index in [2.05, 4.69) is 31.4 Å². The number of benzene rings is 1. The van der Waals surface area contributed by atoms with Crippen molar-refractivity contribution in [3.8, 4) is 0 Å². The summed E-state index contributed by atoms with van der Waals surface area (Å²) in [4.78, 5) is 37.5. The number of anilines is 2. The number of para-hydroxylation sites is 1. The van der Waals surface area contributed by atoms with Crippen LogP contribution in [0.4, 0.5) is 10.7 Å². The van der Waals surface area contributed by atoms with Gasteiger partial charge in [0.05, 0.1) is 12.0 Å². The van der Waals surface area contributed by atoms with Gasteiger partial charge in [-0.15, -0.1) is 11.3 Å². The van der Waals surface area contributed by atoms with Crippen molar-refractivity contribution in [2.75, 3.05) is 10.6 Å². The van der Waals surface area contributed by atoms with E-state index in [1.807, 2.05) is 30.3 Å². The molecule has 0 saturated heterocycles. The highest BCUT2D eigenvalue weighted by Crippen LogP contribution is 2.45. The van der Waals surface area contributed by atoms with E-state index in [1.165, 1.54) is 11.3 Å². The normalized spacial score (nSPS) is 15.8. The van der Waals surface area contributed by atoms with Crippen molar-refractivity contribution in [2.45, 2.75) is 59.3 Å². The summed E-state index contributed by atoms with van der Waals surface area (Å²) < 4.78 is 0. The van der Waals surface area contributed by atoms with Crippen LogP contribution in [0, 0.1) is 11.3 Å². The molecular weight excluding hydrogens is 412 g/mol. The zero-order valence-electron chi connectivity index (χ0n) is 18.3. The number of amides is 2. The molecule has 2 amide bonds. The number of aliphatic carboxylic acids is 1. The lowest BCUT2D eigenvalue weighted by atomic mass is 9.69. The van der Waals surface area contributed by atoms with Gasteiger partial charge in [-0.1, -0.05) is 45.4 Å². The first-order chi connectivity index (χ1) is 14.7. The van der Waals surface area contributed by atoms with E-state index in [0.717, 1.165) is 36.1 Å². The van der Waals surface area contributed by atoms with Gasteiger partial charge in [0.15, 0.2) is 0 Å². The minimum Gasteiger partial charge on any atom is -0.481 e. The monoisotopic (exact) mass is 442 g/mol. The van der Waals surface area contributed by atoms with Crippen molar-refractivity contribution in [1.29, 1.82) is 0 Å². The van der Waals surface area contributed by atoms with Crippen molar-refractivity contribution in [3.63, 3.8) is 0 Å². The predicted molar refractivity (Wildman–Crippen MR) is 124 cm³/mol. The van der Waals surface area contributed by atoms with E-state index in [1.54, 1.807) is 0 Å². The molecule has 31 heavy (non-hydrogen) atoms. The number of carboxylic acid groups (broad SMARTS) is 1. The number of carbonyl (C=O) groups is 3. The lowest BCUT2D eigenvalue weighted by Gasteiger charge is -2.36. The van der Waals surface area contributed by atoms with Gasteiger partial charge in [-0.25, -0.2) is 0 Å². The fourth-order valence-corrected chi connectivity index (χ4v) is 5.34. The van der Waals surface area contributed by atoms with Gasteiger partial charge in [-0.2, -0.15) is 0 Å². The molecule has 2 aromatic rings. The summed E-state index contributed by atoms with van der Waals surface area (Å²) in [6.07, 6.45) is 3.40. The van der Waals surface area contributed by atoms with Gasteiger partial charge >= 0.3 is 5.97 Å². The fraction of sp³-hybridized carbons (Fsp3) is 0.458. The smallest absolute Gasteiger partial charge is 0.303 e. The number of rotatable bonds is 8. The van der Waals surface area contributed by atoms with Crippen LogP contribution in [0.3, 0.4) is 0 Å². The molecule has 3 N–H and O–H groups in total. The summed E-state index contributed by atoms with van der Waals surface area (Å²) >= 11 is 1.45. The van der Waals surface area contributed by atoms with Crippen LogP contribution in [0.25, 0.3) is 0 Å². The second-order valence-corrected chi connectivity index (χ2v) is 9.86. The third-order valence-corrected chi connectivity index (χ3v) is 7.53. The van der Waals surface area contributed by atoms with Gasteiger partial charge < -0.3 is 15.7 Å². The second-order valence-electron chi connectivity index (χ2n) is 8.75. The van der Waals surface area contributed by atoms with E-state index in [4.69, 9.17) is 5.11 Å². The van der Waals surface area contributed by atoms with E-state index in [0.29, 0.717) is 22.2 Å². The summed E-state index contributed by atoms with van der Waals surface area (Å²) in [7, 11) is 0. The minimum atomic E-state index is -1.02. The molecule has 1 aromatic carbocycles. The molecule has 0 spiro atoms. The van der Waals surface area contributed by atoms with Crippen molar-refractivity contribution < 1.29 is 19.5 Å². The van der Waals surface area contributed by atoms with Crippen LogP contribution in [-0.2, 0) is 22.4 Å². The molecule has 0 fully saturated rings. The zero-order valence-corrected chi connectivity index (χ0v) is 19.1. The second kappa shape index (κ2) is 9.64. The number of carbonyl (C=O) groups excluding carboxylic acids is 2. The van der Waals surface area contributed by atoms with E-state index in [-0.39, 0.29) is 30.1 Å². The molecule has 0 unspecified atom stereocenters. The van der Waals surface area contributed by atoms with Crippen LogP contribution in [0.5, 0.6) is 0 Å². The van der Waals surface area contributed by atoms with Crippen molar-refractivity contribution >= 4 is 39.8 Å². The number of carboxylic acids is 1. The van der Waals surface area contributed by atoms with E-state index in [9.17, 15) is 14.4 Å². The lowest BCUT2D eigenvalue weighted by Crippen LogP contribution is -2.29. The Balaban J connectivity index is 1.90. The van der Waals surface area contributed by atoms with E-state index < -0.39 is 5.97 Å². The van der Waals surface area contributed by atoms with E-state index >= 15 is 0 Å². The molecule has 6 nitrogen and oxygen atoms in total. The SMILES string of the molecule is CCC(C)(C)[C@@H]1CCc2c(sc(NC(=O)CCC(=O)O)c2C(=O)Nc2ccccc2)C1. The summed E-state index contributed by atoms with van der Waals surface area (Å²) in [5.74, 6) is -1.14. The highest BCUT2D eigenvalue weighted by Gasteiger charge is 2.35. The average Bonchev–Trinajstić information content (AvgIpc) is 3.10. The molecule has 166 valence electrons. The summed E-state index contributed by atoms with van der Waals surface area (Å²) in [6, 6.07) is 9.23. The van der Waals surface area contributed by atoms with Gasteiger partial charge in [-0.05, 0) is 48.3 Å². The average molecular weight is 443 g/mol. The van der Waals surface area contributed by atoms with Crippen molar-refractivity contribution in [2.24, 2.45) is 11.3 Å². The van der Waals surface area contributed by atoms with Gasteiger partial charge in [-0.3, -0.25) is 14.4 Å². The Morgan fingerprint density at radius 2 is 1.84 bits per heavy atom. The Kier molecular flexibility index (Phi) is 7.15. The molecule has 1 aliphatic carbocycles. The first-order valence-electron chi connectivity index (χ1n) is 10.7. The quantitative estimate of drug-likeness (QED) is 0.514. The number of thiophene rings is 1. The number of hydrogen-bond donors (Lipinski definition) is 3. The van der Waals surface area contributed by atoms with Crippen LogP contribution in [0.15, 0.2) is 30.3 Å². The summed E-state index contributed by atoms with van der Waals surface area (Å²) in [6.45, 7) is 6.78. The Morgan fingerprint density at radius 3 is 2.48 bits per heavy atom. The number of fused-ring (bicyclic) bond motifs is 1. The summed E-state index contributed by atoms with van der Waals surface area (Å²) in [5, 5.41) is 15.1. The van der Waals surface area contributed by atoms with Gasteiger partial charge in [0.25, 0.3) is 5.91 Å². The van der Waals surface area contributed by atoms with Gasteiger partial charge in [0.2, 0.25) is 5.91 Å². The molecule has 0 radical (unpaired) electrons. The number of hydrogen-bond acceptors (Lipinski definition) is 4. The molecular formula is C24H30N2O4S. The Labute approximate surface area is 187 Å². The fourth-order valence-electron chi connectivity index (χ4n) is 3.99. The maximum Gasteiger partial charge on any atom is 0.303 e. The molecule has 7 heteroatoms. The Bertz CT molecular complexity index is 965. The van der Waals surface area contributed by atoms with Crippen molar-refractivity contribution in [3.05, 3.63) is 46.3 Å². The standard InChI is InChI=1S/C24H30N2O4S/c1-4-24(2,3)15-10-11-17-18(14-15)31-23(26-19(27)12-13-20(28)29)21(17)22(30)25-16-8-6-5-7-9-16/h5-9,15H,4,10-14H2,1-3H3,(H,25,30)(H,26,27)(H,28,29)/t15-/m1/s1. The predicted octanol–water partition coefficient (Wildman–Crippen LogP) is 5.34. The van der Waals surface area contributed by atoms with Crippen LogP contribution < -0.4 is 10.6 Å². The molecule has 1 atom stereocenters. The zero-order chi connectivity index (χ0) is 22.6. The van der Waals surface area contributed by atoms with Gasteiger partial charge in [0.1, 0.15) is 5.00 Å². The molecule has 3 rings (SSSR count). The first kappa shape index (κ1) is 23.0. The molecule has 0 bridgehead atoms. The lowest BCUT2D eigenvalue weighted by molar-refractivity contribution is -0.138. The molecule has 0 saturated carbocycles. The third-order valence-electron chi connectivity index (χ3n) is 6.36. The van der Waals surface area contributed by atoms with Crippen molar-refractivity contribution in [1.82, 2.24) is 0 Å². The topological polar surface area (TPSA) is 95.5 Å². The molecule has 1 heterocycles. The first-order valence-corrected chi connectivity index (χ1v) is 11.6. The minimum absolute atomic E-state index is 0.122. The number of nitrogens with one attached hydrogen (secondary N) is 2. The Hall–Kier alpha value is -2.67. The third kappa shape index (κ3) is 5.53. The van der Waals surface area contributed by atoms with Crippen LogP contribution in [-0.4, -0.2) is 22.9 Å². The maximum atomic E-state index is 13.2. The highest BCUT2D eigenvalue weighted by molar-refractivity contribution is 7.17.